The summed E-state index contributed by atoms with van der Waals surface area (Å²) in [5.74, 6) is 1.36. The van der Waals surface area contributed by atoms with Crippen molar-refractivity contribution in [3.63, 3.8) is 0 Å². The van der Waals surface area contributed by atoms with Crippen LogP contribution in [-0.4, -0.2) is 29.6 Å². The highest BCUT2D eigenvalue weighted by Gasteiger charge is 2.50. The monoisotopic (exact) mass is 272 g/mol. The second-order valence-corrected chi connectivity index (χ2v) is 6.85. The fourth-order valence-electron chi connectivity index (χ4n) is 4.05. The minimum atomic E-state index is 0.185. The third-order valence-corrected chi connectivity index (χ3v) is 5.79. The van der Waals surface area contributed by atoms with Crippen molar-refractivity contribution >= 4 is 0 Å². The Labute approximate surface area is 123 Å². The normalized spacial score (nSPS) is 30.9. The molecule has 1 heterocycles. The predicted octanol–water partition coefficient (Wildman–Crippen LogP) is 3.38. The van der Waals surface area contributed by atoms with Crippen LogP contribution in [0.4, 0.5) is 0 Å². The molecule has 0 amide bonds. The van der Waals surface area contributed by atoms with Crippen molar-refractivity contribution in [1.82, 2.24) is 4.90 Å². The third-order valence-electron chi connectivity index (χ3n) is 5.79. The third kappa shape index (κ3) is 2.40. The molecule has 20 heavy (non-hydrogen) atoms. The van der Waals surface area contributed by atoms with E-state index in [0.29, 0.717) is 17.9 Å². The minimum Gasteiger partial charge on any atom is -0.326 e. The first-order valence-electron chi connectivity index (χ1n) is 8.22. The summed E-state index contributed by atoms with van der Waals surface area (Å²) < 4.78 is 0. The van der Waals surface area contributed by atoms with Gasteiger partial charge in [0.05, 0.1) is 0 Å². The number of benzene rings is 1. The summed E-state index contributed by atoms with van der Waals surface area (Å²) in [6, 6.07) is 11.2. The van der Waals surface area contributed by atoms with E-state index < -0.39 is 0 Å². The molecule has 4 unspecified atom stereocenters. The van der Waals surface area contributed by atoms with Gasteiger partial charge in [-0.15, -0.1) is 0 Å². The van der Waals surface area contributed by atoms with Gasteiger partial charge in [0.25, 0.3) is 0 Å². The fourth-order valence-corrected chi connectivity index (χ4v) is 4.05. The van der Waals surface area contributed by atoms with Crippen LogP contribution in [0.2, 0.25) is 0 Å². The van der Waals surface area contributed by atoms with E-state index in [0.717, 1.165) is 6.42 Å². The highest BCUT2D eigenvalue weighted by atomic mass is 15.2. The Kier molecular flexibility index (Phi) is 3.87. The molecule has 1 saturated heterocycles. The number of likely N-dealkylation sites (tertiary alicyclic amines) is 1. The quantitative estimate of drug-likeness (QED) is 0.890. The average molecular weight is 272 g/mol. The van der Waals surface area contributed by atoms with E-state index in [1.165, 1.54) is 37.9 Å². The lowest BCUT2D eigenvalue weighted by atomic mass is 9.84. The molecule has 2 fully saturated rings. The SMILES string of the molecule is CCC(C)(C(N)C1CC1c1ccccc1)N1CCCC1. The minimum absolute atomic E-state index is 0.185. The smallest absolute Gasteiger partial charge is 0.0332 e. The van der Waals surface area contributed by atoms with Crippen LogP contribution in [0.5, 0.6) is 0 Å². The van der Waals surface area contributed by atoms with Crippen LogP contribution in [0.3, 0.4) is 0 Å². The zero-order valence-electron chi connectivity index (χ0n) is 12.9. The molecule has 2 heteroatoms. The van der Waals surface area contributed by atoms with E-state index in [1.807, 2.05) is 0 Å². The van der Waals surface area contributed by atoms with Gasteiger partial charge in [-0.25, -0.2) is 0 Å². The van der Waals surface area contributed by atoms with E-state index in [2.05, 4.69) is 49.1 Å². The van der Waals surface area contributed by atoms with Gasteiger partial charge in [0.2, 0.25) is 0 Å². The zero-order valence-corrected chi connectivity index (χ0v) is 12.9. The van der Waals surface area contributed by atoms with E-state index in [1.54, 1.807) is 0 Å². The summed E-state index contributed by atoms with van der Waals surface area (Å²) in [7, 11) is 0. The molecule has 110 valence electrons. The molecule has 0 aromatic heterocycles. The molecular formula is C18H28N2. The highest BCUT2D eigenvalue weighted by Crippen LogP contribution is 2.52. The molecule has 2 aliphatic rings. The highest BCUT2D eigenvalue weighted by molar-refractivity contribution is 5.27. The molecule has 0 spiro atoms. The molecular weight excluding hydrogens is 244 g/mol. The molecule has 1 aromatic carbocycles. The van der Waals surface area contributed by atoms with Gasteiger partial charge in [-0.05, 0) is 63.1 Å². The van der Waals surface area contributed by atoms with Crippen molar-refractivity contribution < 1.29 is 0 Å². The van der Waals surface area contributed by atoms with E-state index in [4.69, 9.17) is 5.73 Å². The Morgan fingerprint density at radius 1 is 1.25 bits per heavy atom. The van der Waals surface area contributed by atoms with Crippen LogP contribution in [0.25, 0.3) is 0 Å². The van der Waals surface area contributed by atoms with Crippen LogP contribution in [0.15, 0.2) is 30.3 Å². The van der Waals surface area contributed by atoms with Gasteiger partial charge in [-0.1, -0.05) is 37.3 Å². The summed E-state index contributed by atoms with van der Waals surface area (Å²) in [6.07, 6.45) is 5.12. The summed E-state index contributed by atoms with van der Waals surface area (Å²) in [6.45, 7) is 7.17. The first-order chi connectivity index (χ1) is 9.66. The lowest BCUT2D eigenvalue weighted by Crippen LogP contribution is -2.58. The molecule has 1 aliphatic heterocycles. The molecule has 1 aromatic rings. The molecule has 0 bridgehead atoms. The van der Waals surface area contributed by atoms with Crippen molar-refractivity contribution in [2.45, 2.75) is 57.0 Å². The first-order valence-corrected chi connectivity index (χ1v) is 8.22. The van der Waals surface area contributed by atoms with Gasteiger partial charge >= 0.3 is 0 Å². The largest absolute Gasteiger partial charge is 0.326 e. The molecule has 0 radical (unpaired) electrons. The van der Waals surface area contributed by atoms with Crippen molar-refractivity contribution in [3.05, 3.63) is 35.9 Å². The Morgan fingerprint density at radius 2 is 1.90 bits per heavy atom. The predicted molar refractivity (Wildman–Crippen MR) is 84.8 cm³/mol. The number of hydrogen-bond acceptors (Lipinski definition) is 2. The fraction of sp³-hybridized carbons (Fsp3) is 0.667. The molecule has 4 atom stereocenters. The van der Waals surface area contributed by atoms with Gasteiger partial charge in [-0.3, -0.25) is 4.90 Å². The van der Waals surface area contributed by atoms with Crippen LogP contribution in [-0.2, 0) is 0 Å². The number of hydrogen-bond donors (Lipinski definition) is 1. The molecule has 3 rings (SSSR count). The van der Waals surface area contributed by atoms with Gasteiger partial charge in [0, 0.05) is 11.6 Å². The number of rotatable bonds is 5. The number of nitrogens with zero attached hydrogens (tertiary/aromatic N) is 1. The molecule has 2 N–H and O–H groups in total. The topological polar surface area (TPSA) is 29.3 Å². The van der Waals surface area contributed by atoms with Crippen molar-refractivity contribution in [2.75, 3.05) is 13.1 Å². The Hall–Kier alpha value is -0.860. The molecule has 1 saturated carbocycles. The molecule has 1 aliphatic carbocycles. The maximum atomic E-state index is 6.73. The van der Waals surface area contributed by atoms with E-state index in [-0.39, 0.29) is 5.54 Å². The lowest BCUT2D eigenvalue weighted by Gasteiger charge is -2.43. The van der Waals surface area contributed by atoms with E-state index in [9.17, 15) is 0 Å². The summed E-state index contributed by atoms with van der Waals surface area (Å²) in [5.41, 5.74) is 8.40. The van der Waals surface area contributed by atoms with Gasteiger partial charge in [0.1, 0.15) is 0 Å². The lowest BCUT2D eigenvalue weighted by molar-refractivity contribution is 0.0907. The zero-order chi connectivity index (χ0) is 14.2. The van der Waals surface area contributed by atoms with Gasteiger partial charge in [-0.2, -0.15) is 0 Å². The van der Waals surface area contributed by atoms with Gasteiger partial charge in [0.15, 0.2) is 0 Å². The maximum Gasteiger partial charge on any atom is 0.0332 e. The Morgan fingerprint density at radius 3 is 2.50 bits per heavy atom. The van der Waals surface area contributed by atoms with Gasteiger partial charge < -0.3 is 5.73 Å². The summed E-state index contributed by atoms with van der Waals surface area (Å²) >= 11 is 0. The molecule has 2 nitrogen and oxygen atoms in total. The van der Waals surface area contributed by atoms with Crippen molar-refractivity contribution in [3.8, 4) is 0 Å². The standard InChI is InChI=1S/C18H28N2/c1-3-18(2,20-11-7-8-12-20)17(19)16-13-15(16)14-9-5-4-6-10-14/h4-6,9-10,15-17H,3,7-8,11-13,19H2,1-2H3. The average Bonchev–Trinajstić information content (AvgIpc) is 3.10. The summed E-state index contributed by atoms with van der Waals surface area (Å²) in [4.78, 5) is 2.65. The van der Waals surface area contributed by atoms with Crippen LogP contribution >= 0.6 is 0 Å². The van der Waals surface area contributed by atoms with Crippen LogP contribution < -0.4 is 5.73 Å². The second-order valence-electron chi connectivity index (χ2n) is 6.85. The summed E-state index contributed by atoms with van der Waals surface area (Å²) in [5, 5.41) is 0. The number of nitrogens with two attached hydrogens (primary N) is 1. The first kappa shape index (κ1) is 14.1. The van der Waals surface area contributed by atoms with Crippen LogP contribution in [0.1, 0.15) is 51.0 Å². The van der Waals surface area contributed by atoms with E-state index >= 15 is 0 Å². The second kappa shape index (κ2) is 5.50. The Balaban J connectivity index is 1.71. The van der Waals surface area contributed by atoms with Crippen molar-refractivity contribution in [2.24, 2.45) is 11.7 Å². The van der Waals surface area contributed by atoms with Crippen molar-refractivity contribution in [1.29, 1.82) is 0 Å². The Bertz CT molecular complexity index is 438. The van der Waals surface area contributed by atoms with Crippen LogP contribution in [0, 0.1) is 5.92 Å². The maximum absolute atomic E-state index is 6.73.